The van der Waals surface area contributed by atoms with Gasteiger partial charge in [0.1, 0.15) is 0 Å². The average Bonchev–Trinajstić information content (AvgIpc) is 2.45. The molecule has 0 amide bonds. The Balaban J connectivity index is 2.36. The molecule has 0 saturated carbocycles. The van der Waals surface area contributed by atoms with Gasteiger partial charge in [0.25, 0.3) is 0 Å². The Bertz CT molecular complexity index is 875. The normalized spacial score (nSPS) is 13.0. The highest BCUT2D eigenvalue weighted by molar-refractivity contribution is 7.24. The molecule has 0 radical (unpaired) electrons. The minimum absolute atomic E-state index is 0.0491. The van der Waals surface area contributed by atoms with Crippen molar-refractivity contribution in [1.82, 2.24) is 0 Å². The van der Waals surface area contributed by atoms with Crippen molar-refractivity contribution in [3.8, 4) is 0 Å². The average molecular weight is 324 g/mol. The molecule has 1 heterocycles. The molecule has 0 saturated heterocycles. The molecule has 1 nitrogen and oxygen atoms in total. The zero-order chi connectivity index (χ0) is 17.0. The lowest BCUT2D eigenvalue weighted by molar-refractivity contribution is 0.591. The molecule has 0 spiro atoms. The fraction of sp³-hybridized carbons (Fsp3) is 0.381. The topological polar surface area (TPSA) is 17.1 Å². The third-order valence-corrected chi connectivity index (χ3v) is 5.55. The van der Waals surface area contributed by atoms with Crippen LogP contribution < -0.4 is 5.43 Å². The first-order valence-electron chi connectivity index (χ1n) is 8.09. The number of hydrogen-bond donors (Lipinski definition) is 0. The van der Waals surface area contributed by atoms with Gasteiger partial charge < -0.3 is 0 Å². The van der Waals surface area contributed by atoms with Gasteiger partial charge in [-0.25, -0.2) is 0 Å². The van der Waals surface area contributed by atoms with Crippen LogP contribution in [0.2, 0.25) is 0 Å². The minimum Gasteiger partial charge on any atom is -0.289 e. The van der Waals surface area contributed by atoms with Crippen LogP contribution in [0.1, 0.15) is 52.7 Å². The van der Waals surface area contributed by atoms with E-state index in [2.05, 4.69) is 77.9 Å². The molecule has 1 aromatic heterocycles. The Labute approximate surface area is 142 Å². The van der Waals surface area contributed by atoms with E-state index in [1.54, 1.807) is 11.3 Å². The summed E-state index contributed by atoms with van der Waals surface area (Å²) in [5, 5.41) is 1.70. The van der Waals surface area contributed by atoms with Crippen LogP contribution in [-0.4, -0.2) is 0 Å². The summed E-state index contributed by atoms with van der Waals surface area (Å²) in [6.07, 6.45) is 0. The van der Waals surface area contributed by atoms with Gasteiger partial charge in [0, 0.05) is 20.2 Å². The van der Waals surface area contributed by atoms with E-state index in [1.165, 1.54) is 11.1 Å². The van der Waals surface area contributed by atoms with Crippen LogP contribution >= 0.6 is 11.3 Å². The van der Waals surface area contributed by atoms with E-state index >= 15 is 0 Å². The largest absolute Gasteiger partial charge is 0.289 e. The van der Waals surface area contributed by atoms with E-state index in [-0.39, 0.29) is 16.3 Å². The van der Waals surface area contributed by atoms with Gasteiger partial charge in [-0.3, -0.25) is 4.79 Å². The predicted molar refractivity (Wildman–Crippen MR) is 103 cm³/mol. The highest BCUT2D eigenvalue weighted by Gasteiger charge is 2.17. The smallest absolute Gasteiger partial charge is 0.195 e. The monoisotopic (exact) mass is 324 g/mol. The Kier molecular flexibility index (Phi) is 3.64. The van der Waals surface area contributed by atoms with Gasteiger partial charge in [-0.15, -0.1) is 11.3 Å². The van der Waals surface area contributed by atoms with Crippen LogP contribution in [0, 0.1) is 0 Å². The van der Waals surface area contributed by atoms with Gasteiger partial charge in [0.15, 0.2) is 5.43 Å². The molecule has 0 N–H and O–H groups in total. The quantitative estimate of drug-likeness (QED) is 0.463. The van der Waals surface area contributed by atoms with E-state index in [0.717, 1.165) is 20.2 Å². The fourth-order valence-electron chi connectivity index (χ4n) is 2.79. The maximum absolute atomic E-state index is 13.1. The van der Waals surface area contributed by atoms with Gasteiger partial charge >= 0.3 is 0 Å². The Hall–Kier alpha value is -1.67. The van der Waals surface area contributed by atoms with E-state index in [9.17, 15) is 4.79 Å². The summed E-state index contributed by atoms with van der Waals surface area (Å²) >= 11 is 1.70. The summed E-state index contributed by atoms with van der Waals surface area (Å²) in [7, 11) is 0. The van der Waals surface area contributed by atoms with E-state index in [4.69, 9.17) is 0 Å². The van der Waals surface area contributed by atoms with Gasteiger partial charge in [0.2, 0.25) is 0 Å². The van der Waals surface area contributed by atoms with Crippen molar-refractivity contribution >= 4 is 31.5 Å². The second-order valence-corrected chi connectivity index (χ2v) is 9.44. The van der Waals surface area contributed by atoms with Gasteiger partial charge in [0.05, 0.1) is 0 Å². The van der Waals surface area contributed by atoms with Crippen molar-refractivity contribution in [2.24, 2.45) is 0 Å². The van der Waals surface area contributed by atoms with Gasteiger partial charge in [-0.05, 0) is 46.2 Å². The Morgan fingerprint density at radius 3 is 1.43 bits per heavy atom. The molecular formula is C21H24OS. The fourth-order valence-corrected chi connectivity index (χ4v) is 3.82. The summed E-state index contributed by atoms with van der Waals surface area (Å²) in [5.74, 6) is 0. The second-order valence-electron chi connectivity index (χ2n) is 8.35. The summed E-state index contributed by atoms with van der Waals surface area (Å²) in [6, 6.07) is 12.6. The van der Waals surface area contributed by atoms with Crippen LogP contribution in [-0.2, 0) is 10.8 Å². The SMILES string of the molecule is CC(C)(C)c1ccc2sc3ccc(C(C)(C)C)cc3c(=O)c2c1. The number of benzene rings is 2. The first kappa shape index (κ1) is 16.2. The molecule has 0 aliphatic heterocycles. The van der Waals surface area contributed by atoms with Crippen LogP contribution in [0.3, 0.4) is 0 Å². The molecule has 0 bridgehead atoms. The molecule has 2 heteroatoms. The lowest BCUT2D eigenvalue weighted by atomic mass is 9.86. The van der Waals surface area contributed by atoms with Crippen LogP contribution in [0.25, 0.3) is 20.2 Å². The third-order valence-electron chi connectivity index (χ3n) is 4.40. The molecule has 0 unspecified atom stereocenters. The molecule has 0 atom stereocenters. The maximum atomic E-state index is 13.1. The number of hydrogen-bond acceptors (Lipinski definition) is 2. The van der Waals surface area contributed by atoms with Crippen LogP contribution in [0.4, 0.5) is 0 Å². The molecule has 0 aliphatic carbocycles. The molecular weight excluding hydrogens is 300 g/mol. The van der Waals surface area contributed by atoms with Crippen molar-refractivity contribution in [2.75, 3.05) is 0 Å². The second kappa shape index (κ2) is 5.17. The van der Waals surface area contributed by atoms with Crippen molar-refractivity contribution in [3.05, 3.63) is 57.7 Å². The molecule has 2 aromatic carbocycles. The molecule has 0 aliphatic rings. The molecule has 0 fully saturated rings. The summed E-state index contributed by atoms with van der Waals surface area (Å²) in [6.45, 7) is 13.1. The maximum Gasteiger partial charge on any atom is 0.195 e. The van der Waals surface area contributed by atoms with Gasteiger partial charge in [-0.1, -0.05) is 53.7 Å². The van der Waals surface area contributed by atoms with Crippen molar-refractivity contribution in [2.45, 2.75) is 52.4 Å². The highest BCUT2D eigenvalue weighted by Crippen LogP contribution is 2.31. The summed E-state index contributed by atoms with van der Waals surface area (Å²) in [4.78, 5) is 13.1. The van der Waals surface area contributed by atoms with E-state index in [0.29, 0.717) is 0 Å². The summed E-state index contributed by atoms with van der Waals surface area (Å²) < 4.78 is 2.14. The van der Waals surface area contributed by atoms with Crippen molar-refractivity contribution in [1.29, 1.82) is 0 Å². The summed E-state index contributed by atoms with van der Waals surface area (Å²) in [5.41, 5.74) is 2.67. The first-order chi connectivity index (χ1) is 10.6. The van der Waals surface area contributed by atoms with E-state index < -0.39 is 0 Å². The lowest BCUT2D eigenvalue weighted by Gasteiger charge is -2.20. The Morgan fingerprint density at radius 2 is 1.09 bits per heavy atom. The zero-order valence-electron chi connectivity index (χ0n) is 14.8. The number of fused-ring (bicyclic) bond motifs is 2. The van der Waals surface area contributed by atoms with E-state index in [1.807, 2.05) is 0 Å². The van der Waals surface area contributed by atoms with Crippen molar-refractivity contribution < 1.29 is 0 Å². The zero-order valence-corrected chi connectivity index (χ0v) is 15.6. The lowest BCUT2D eigenvalue weighted by Crippen LogP contribution is -2.13. The highest BCUT2D eigenvalue weighted by atomic mass is 32.1. The van der Waals surface area contributed by atoms with Gasteiger partial charge in [-0.2, -0.15) is 0 Å². The molecule has 3 aromatic rings. The molecule has 3 rings (SSSR count). The predicted octanol–water partition coefficient (Wildman–Crippen LogP) is 6.01. The van der Waals surface area contributed by atoms with Crippen molar-refractivity contribution in [3.63, 3.8) is 0 Å². The molecule has 120 valence electrons. The number of rotatable bonds is 0. The third kappa shape index (κ3) is 2.92. The Morgan fingerprint density at radius 1 is 0.696 bits per heavy atom. The standard InChI is InChI=1S/C21H24OS/c1-20(2,3)13-7-9-17-15(11-13)19(22)16-12-14(21(4,5)6)8-10-18(16)23-17/h7-12H,1-6H3. The first-order valence-corrected chi connectivity index (χ1v) is 8.90. The van der Waals surface area contributed by atoms with Crippen LogP contribution in [0.15, 0.2) is 41.2 Å². The van der Waals surface area contributed by atoms with Crippen LogP contribution in [0.5, 0.6) is 0 Å². The minimum atomic E-state index is 0.0491. The molecule has 23 heavy (non-hydrogen) atoms.